The zero-order chi connectivity index (χ0) is 11.8. The van der Waals surface area contributed by atoms with Gasteiger partial charge in [0, 0.05) is 12.3 Å². The van der Waals surface area contributed by atoms with Crippen LogP contribution in [0.5, 0.6) is 0 Å². The quantitative estimate of drug-likeness (QED) is 0.698. The fraction of sp³-hybridized carbons (Fsp3) is 0.533. The second-order valence-electron chi connectivity index (χ2n) is 5.82. The van der Waals surface area contributed by atoms with Gasteiger partial charge < -0.3 is 0 Å². The topological polar surface area (TPSA) is 17.1 Å². The molecule has 16 heavy (non-hydrogen) atoms. The number of hydrogen-bond acceptors (Lipinski definition) is 1. The van der Waals surface area contributed by atoms with Crippen molar-refractivity contribution >= 4 is 5.78 Å². The fourth-order valence-electron chi connectivity index (χ4n) is 2.81. The number of benzene rings is 1. The van der Waals surface area contributed by atoms with Crippen LogP contribution < -0.4 is 0 Å². The molecule has 1 heteroatoms. The third-order valence-corrected chi connectivity index (χ3v) is 3.76. The maximum atomic E-state index is 12.0. The van der Waals surface area contributed by atoms with Gasteiger partial charge in [-0.2, -0.15) is 0 Å². The molecule has 0 amide bonds. The number of rotatable bonds is 1. The molecule has 0 aliphatic heterocycles. The number of carbonyl (C=O) groups excluding carboxylic acids is 1. The van der Waals surface area contributed by atoms with Gasteiger partial charge in [0.05, 0.1) is 0 Å². The van der Waals surface area contributed by atoms with Crippen molar-refractivity contribution in [1.82, 2.24) is 0 Å². The summed E-state index contributed by atoms with van der Waals surface area (Å²) in [6.07, 6.45) is 1.85. The van der Waals surface area contributed by atoms with Gasteiger partial charge in [-0.3, -0.25) is 4.79 Å². The van der Waals surface area contributed by atoms with Crippen molar-refractivity contribution < 1.29 is 4.79 Å². The Morgan fingerprint density at radius 3 is 2.44 bits per heavy atom. The van der Waals surface area contributed by atoms with E-state index < -0.39 is 0 Å². The molecule has 1 aromatic carbocycles. The van der Waals surface area contributed by atoms with Crippen molar-refractivity contribution in [3.05, 3.63) is 35.9 Å². The van der Waals surface area contributed by atoms with Crippen molar-refractivity contribution in [3.8, 4) is 0 Å². The first-order valence-corrected chi connectivity index (χ1v) is 6.07. The Labute approximate surface area is 97.9 Å². The average Bonchev–Trinajstić information content (AvgIpc) is 2.24. The molecular weight excluding hydrogens is 196 g/mol. The Bertz CT molecular complexity index is 378. The number of hydrogen-bond donors (Lipinski definition) is 0. The summed E-state index contributed by atoms with van der Waals surface area (Å²) in [6.45, 7) is 6.48. The van der Waals surface area contributed by atoms with E-state index in [1.54, 1.807) is 0 Å². The second kappa shape index (κ2) is 4.04. The average molecular weight is 216 g/mol. The Kier molecular flexibility index (Phi) is 2.88. The van der Waals surface area contributed by atoms with Crippen LogP contribution in [0.1, 0.15) is 45.1 Å². The molecule has 0 aromatic heterocycles. The summed E-state index contributed by atoms with van der Waals surface area (Å²) < 4.78 is 0. The van der Waals surface area contributed by atoms with Crippen LogP contribution in [0.2, 0.25) is 0 Å². The number of Topliss-reactive ketones (excluding diaryl/α,β-unsaturated/α-hetero) is 1. The smallest absolute Gasteiger partial charge is 0.136 e. The van der Waals surface area contributed by atoms with Crippen LogP contribution in [-0.2, 0) is 4.79 Å². The Morgan fingerprint density at radius 1 is 1.19 bits per heavy atom. The molecule has 0 radical (unpaired) electrons. The van der Waals surface area contributed by atoms with E-state index in [1.807, 2.05) is 6.07 Å². The molecule has 0 spiro atoms. The molecule has 0 saturated heterocycles. The highest BCUT2D eigenvalue weighted by molar-refractivity contribution is 5.83. The van der Waals surface area contributed by atoms with Gasteiger partial charge in [0.25, 0.3) is 0 Å². The zero-order valence-corrected chi connectivity index (χ0v) is 10.4. The monoisotopic (exact) mass is 216 g/mol. The predicted octanol–water partition coefficient (Wildman–Crippen LogP) is 3.80. The molecule has 1 aromatic rings. The minimum absolute atomic E-state index is 0.157. The minimum Gasteiger partial charge on any atom is -0.299 e. The third-order valence-electron chi connectivity index (χ3n) is 3.76. The van der Waals surface area contributed by atoms with Gasteiger partial charge in [-0.15, -0.1) is 0 Å². The normalized spacial score (nSPS) is 29.1. The largest absolute Gasteiger partial charge is 0.299 e. The summed E-state index contributed by atoms with van der Waals surface area (Å²) >= 11 is 0. The molecule has 0 heterocycles. The van der Waals surface area contributed by atoms with E-state index in [1.165, 1.54) is 5.56 Å². The van der Waals surface area contributed by atoms with Gasteiger partial charge >= 0.3 is 0 Å². The lowest BCUT2D eigenvalue weighted by molar-refractivity contribution is -0.128. The van der Waals surface area contributed by atoms with Gasteiger partial charge in [0.15, 0.2) is 0 Å². The summed E-state index contributed by atoms with van der Waals surface area (Å²) in [6, 6.07) is 10.5. The first-order valence-electron chi connectivity index (χ1n) is 6.07. The molecule has 1 aliphatic rings. The van der Waals surface area contributed by atoms with Crippen LogP contribution in [0.4, 0.5) is 0 Å². The highest BCUT2D eigenvalue weighted by atomic mass is 16.1. The van der Waals surface area contributed by atoms with E-state index in [4.69, 9.17) is 0 Å². The third kappa shape index (κ3) is 2.18. The second-order valence-corrected chi connectivity index (χ2v) is 5.82. The fourth-order valence-corrected chi connectivity index (χ4v) is 2.81. The molecule has 1 aliphatic carbocycles. The minimum atomic E-state index is 0.157. The van der Waals surface area contributed by atoms with E-state index in [-0.39, 0.29) is 11.3 Å². The highest BCUT2D eigenvalue weighted by Crippen LogP contribution is 2.44. The summed E-state index contributed by atoms with van der Waals surface area (Å²) in [5, 5.41) is 0. The lowest BCUT2D eigenvalue weighted by Gasteiger charge is -2.38. The van der Waals surface area contributed by atoms with Gasteiger partial charge in [0.2, 0.25) is 0 Å². The molecule has 1 fully saturated rings. The van der Waals surface area contributed by atoms with Crippen molar-refractivity contribution in [2.45, 2.75) is 39.5 Å². The van der Waals surface area contributed by atoms with Crippen LogP contribution in [0.25, 0.3) is 0 Å². The van der Waals surface area contributed by atoms with Gasteiger partial charge in [-0.1, -0.05) is 51.1 Å². The van der Waals surface area contributed by atoms with Gasteiger partial charge in [-0.05, 0) is 23.3 Å². The molecule has 0 bridgehead atoms. The molecular formula is C15H20O. The molecule has 1 saturated carbocycles. The lowest BCUT2D eigenvalue weighted by Crippen LogP contribution is -2.34. The van der Waals surface area contributed by atoms with Crippen LogP contribution in [0.3, 0.4) is 0 Å². The molecule has 2 rings (SSSR count). The summed E-state index contributed by atoms with van der Waals surface area (Å²) in [5.41, 5.74) is 1.47. The lowest BCUT2D eigenvalue weighted by atomic mass is 9.65. The van der Waals surface area contributed by atoms with Crippen LogP contribution in [0, 0.1) is 11.3 Å². The summed E-state index contributed by atoms with van der Waals surface area (Å²) in [7, 11) is 0. The standard InChI is InChI=1S/C15H20O/c1-11-13(12-7-5-4-6-8-12)9-15(2,3)10-14(11)16/h4-8,11,13H,9-10H2,1-3H3. The highest BCUT2D eigenvalue weighted by Gasteiger charge is 2.38. The molecule has 0 N–H and O–H groups in total. The number of ketones is 1. The van der Waals surface area contributed by atoms with E-state index >= 15 is 0 Å². The zero-order valence-electron chi connectivity index (χ0n) is 10.4. The molecule has 2 unspecified atom stereocenters. The first kappa shape index (κ1) is 11.4. The van der Waals surface area contributed by atoms with E-state index in [2.05, 4.69) is 45.0 Å². The van der Waals surface area contributed by atoms with Crippen LogP contribution in [-0.4, -0.2) is 5.78 Å². The van der Waals surface area contributed by atoms with E-state index in [0.717, 1.165) is 12.8 Å². The molecule has 86 valence electrons. The first-order chi connectivity index (χ1) is 7.49. The van der Waals surface area contributed by atoms with Crippen molar-refractivity contribution in [2.75, 3.05) is 0 Å². The van der Waals surface area contributed by atoms with Crippen LogP contribution in [0.15, 0.2) is 30.3 Å². The Balaban J connectivity index is 2.29. The van der Waals surface area contributed by atoms with Gasteiger partial charge in [0.1, 0.15) is 5.78 Å². The molecule has 2 atom stereocenters. The Hall–Kier alpha value is -1.11. The summed E-state index contributed by atoms with van der Waals surface area (Å²) in [5.74, 6) is 0.998. The number of carbonyl (C=O) groups is 1. The summed E-state index contributed by atoms with van der Waals surface area (Å²) in [4.78, 5) is 12.0. The molecule has 1 nitrogen and oxygen atoms in total. The maximum Gasteiger partial charge on any atom is 0.136 e. The maximum absolute atomic E-state index is 12.0. The van der Waals surface area contributed by atoms with Gasteiger partial charge in [-0.25, -0.2) is 0 Å². The Morgan fingerprint density at radius 2 is 1.81 bits per heavy atom. The van der Waals surface area contributed by atoms with Crippen molar-refractivity contribution in [1.29, 1.82) is 0 Å². The van der Waals surface area contributed by atoms with Crippen molar-refractivity contribution in [3.63, 3.8) is 0 Å². The van der Waals surface area contributed by atoms with E-state index in [0.29, 0.717) is 11.7 Å². The van der Waals surface area contributed by atoms with E-state index in [9.17, 15) is 4.79 Å². The van der Waals surface area contributed by atoms with Crippen LogP contribution >= 0.6 is 0 Å². The predicted molar refractivity (Wildman–Crippen MR) is 66.4 cm³/mol. The SMILES string of the molecule is CC1C(=O)CC(C)(C)CC1c1ccccc1. The van der Waals surface area contributed by atoms with Crippen molar-refractivity contribution in [2.24, 2.45) is 11.3 Å².